The van der Waals surface area contributed by atoms with Gasteiger partial charge >= 0.3 is 5.97 Å². The molecule has 1 aromatic carbocycles. The molecule has 0 aliphatic carbocycles. The molecular weight excluding hydrogens is 246 g/mol. The summed E-state index contributed by atoms with van der Waals surface area (Å²) < 4.78 is 5.06. The van der Waals surface area contributed by atoms with Gasteiger partial charge in [0.1, 0.15) is 5.75 Å². The summed E-state index contributed by atoms with van der Waals surface area (Å²) in [6, 6.07) is 5.82. The Labute approximate surface area is 111 Å². The number of aliphatic carboxylic acids is 1. The van der Waals surface area contributed by atoms with E-state index < -0.39 is 12.0 Å². The van der Waals surface area contributed by atoms with Crippen LogP contribution in [-0.4, -0.2) is 41.6 Å². The van der Waals surface area contributed by atoms with Crippen molar-refractivity contribution in [2.24, 2.45) is 0 Å². The minimum atomic E-state index is -1.01. The second-order valence-corrected chi connectivity index (χ2v) is 4.38. The molecule has 1 amide bonds. The van der Waals surface area contributed by atoms with Gasteiger partial charge in [-0.3, -0.25) is 4.79 Å². The molecule has 0 bridgehead atoms. The second-order valence-electron chi connectivity index (χ2n) is 4.38. The molecule has 1 atom stereocenters. The summed E-state index contributed by atoms with van der Waals surface area (Å²) in [5, 5.41) is 9.19. The normalized spacial score (nSPS) is 18.1. The second kappa shape index (κ2) is 5.14. The molecule has 0 spiro atoms. The topological polar surface area (TPSA) is 66.8 Å². The Morgan fingerprint density at radius 1 is 1.42 bits per heavy atom. The zero-order valence-corrected chi connectivity index (χ0v) is 10.8. The van der Waals surface area contributed by atoms with Gasteiger partial charge in [-0.2, -0.15) is 0 Å². The maximum Gasteiger partial charge on any atom is 0.330 e. The number of rotatable bonds is 3. The molecule has 0 aromatic heterocycles. The van der Waals surface area contributed by atoms with Gasteiger partial charge in [0.15, 0.2) is 6.04 Å². The standard InChI is InChI=1S/C14H15NO4/c1-9-6-7-15(12(9)14(17)18)13(16)10-4-3-5-11(8-10)19-2/h3-6,8,12H,7H2,1-2H3,(H,17,18). The van der Waals surface area contributed by atoms with Crippen LogP contribution in [0.4, 0.5) is 0 Å². The molecule has 5 nitrogen and oxygen atoms in total. The number of carboxylic acids is 1. The van der Waals surface area contributed by atoms with Crippen molar-refractivity contribution in [1.29, 1.82) is 0 Å². The molecule has 2 rings (SSSR count). The molecule has 0 radical (unpaired) electrons. The lowest BCUT2D eigenvalue weighted by atomic mass is 10.1. The summed E-state index contributed by atoms with van der Waals surface area (Å²) in [4.78, 5) is 24.9. The first-order valence-electron chi connectivity index (χ1n) is 5.89. The number of hydrogen-bond acceptors (Lipinski definition) is 3. The van der Waals surface area contributed by atoms with Crippen molar-refractivity contribution in [3.8, 4) is 5.75 Å². The number of methoxy groups -OCH3 is 1. The van der Waals surface area contributed by atoms with E-state index in [-0.39, 0.29) is 5.91 Å². The average molecular weight is 261 g/mol. The number of ether oxygens (including phenoxy) is 1. The highest BCUT2D eigenvalue weighted by molar-refractivity contribution is 5.98. The molecule has 100 valence electrons. The summed E-state index contributed by atoms with van der Waals surface area (Å²) >= 11 is 0. The molecule has 1 aliphatic heterocycles. The quantitative estimate of drug-likeness (QED) is 0.838. The van der Waals surface area contributed by atoms with E-state index in [2.05, 4.69) is 0 Å². The Morgan fingerprint density at radius 3 is 2.79 bits per heavy atom. The summed E-state index contributed by atoms with van der Waals surface area (Å²) in [6.07, 6.45) is 1.76. The molecular formula is C14H15NO4. The van der Waals surface area contributed by atoms with Crippen molar-refractivity contribution in [3.63, 3.8) is 0 Å². The van der Waals surface area contributed by atoms with Crippen molar-refractivity contribution in [3.05, 3.63) is 41.5 Å². The first kappa shape index (κ1) is 13.1. The van der Waals surface area contributed by atoms with E-state index in [1.54, 1.807) is 37.3 Å². The average Bonchev–Trinajstić information content (AvgIpc) is 2.80. The fourth-order valence-corrected chi connectivity index (χ4v) is 2.16. The summed E-state index contributed by atoms with van der Waals surface area (Å²) in [5.74, 6) is -0.747. The number of nitrogens with zero attached hydrogens (tertiary/aromatic N) is 1. The molecule has 1 unspecified atom stereocenters. The van der Waals surface area contributed by atoms with Crippen molar-refractivity contribution in [1.82, 2.24) is 4.90 Å². The minimum Gasteiger partial charge on any atom is -0.497 e. The molecule has 19 heavy (non-hydrogen) atoms. The monoisotopic (exact) mass is 261 g/mol. The third-order valence-corrected chi connectivity index (χ3v) is 3.16. The molecule has 0 saturated heterocycles. The SMILES string of the molecule is COc1cccc(C(=O)N2CC=C(C)C2C(=O)O)c1. The molecule has 1 heterocycles. The van der Waals surface area contributed by atoms with Gasteiger partial charge in [-0.05, 0) is 30.7 Å². The van der Waals surface area contributed by atoms with Crippen LogP contribution < -0.4 is 4.74 Å². The van der Waals surface area contributed by atoms with Gasteiger partial charge in [0.25, 0.3) is 5.91 Å². The van der Waals surface area contributed by atoms with Gasteiger partial charge in [0.2, 0.25) is 0 Å². The summed E-state index contributed by atoms with van der Waals surface area (Å²) in [6.45, 7) is 2.04. The van der Waals surface area contributed by atoms with Crippen LogP contribution in [0.15, 0.2) is 35.9 Å². The van der Waals surface area contributed by atoms with Crippen LogP contribution >= 0.6 is 0 Å². The maximum absolute atomic E-state index is 12.3. The van der Waals surface area contributed by atoms with E-state index in [0.29, 0.717) is 23.4 Å². The molecule has 1 N–H and O–H groups in total. The fraction of sp³-hybridized carbons (Fsp3) is 0.286. The van der Waals surface area contributed by atoms with Crippen LogP contribution in [0, 0.1) is 0 Å². The van der Waals surface area contributed by atoms with E-state index in [0.717, 1.165) is 0 Å². The number of carbonyl (C=O) groups is 2. The van der Waals surface area contributed by atoms with Crippen molar-refractivity contribution in [2.45, 2.75) is 13.0 Å². The third-order valence-electron chi connectivity index (χ3n) is 3.16. The van der Waals surface area contributed by atoms with Gasteiger partial charge in [-0.1, -0.05) is 12.1 Å². The highest BCUT2D eigenvalue weighted by Gasteiger charge is 2.34. The van der Waals surface area contributed by atoms with Gasteiger partial charge in [0.05, 0.1) is 7.11 Å². The number of benzene rings is 1. The summed E-state index contributed by atoms with van der Waals surface area (Å²) in [7, 11) is 1.52. The van der Waals surface area contributed by atoms with Crippen LogP contribution in [-0.2, 0) is 4.79 Å². The van der Waals surface area contributed by atoms with E-state index in [4.69, 9.17) is 4.74 Å². The van der Waals surface area contributed by atoms with E-state index in [1.165, 1.54) is 12.0 Å². The maximum atomic E-state index is 12.3. The first-order chi connectivity index (χ1) is 9.04. The van der Waals surface area contributed by atoms with Crippen molar-refractivity contribution in [2.75, 3.05) is 13.7 Å². The lowest BCUT2D eigenvalue weighted by Crippen LogP contribution is -2.42. The third kappa shape index (κ3) is 2.45. The Morgan fingerprint density at radius 2 is 2.16 bits per heavy atom. The van der Waals surface area contributed by atoms with Gasteiger partial charge in [-0.15, -0.1) is 0 Å². The number of carboxylic acid groups (broad SMARTS) is 1. The van der Waals surface area contributed by atoms with Crippen LogP contribution in [0.5, 0.6) is 5.75 Å². The lowest BCUT2D eigenvalue weighted by molar-refractivity contribution is -0.140. The van der Waals surface area contributed by atoms with Gasteiger partial charge in [-0.25, -0.2) is 4.79 Å². The molecule has 1 aliphatic rings. The van der Waals surface area contributed by atoms with Crippen LogP contribution in [0.25, 0.3) is 0 Å². The zero-order chi connectivity index (χ0) is 14.0. The predicted octanol–water partition coefficient (Wildman–Crippen LogP) is 1.55. The van der Waals surface area contributed by atoms with E-state index >= 15 is 0 Å². The van der Waals surface area contributed by atoms with Crippen molar-refractivity contribution < 1.29 is 19.4 Å². The number of hydrogen-bond donors (Lipinski definition) is 1. The smallest absolute Gasteiger partial charge is 0.330 e. The van der Waals surface area contributed by atoms with E-state index in [1.807, 2.05) is 0 Å². The highest BCUT2D eigenvalue weighted by Crippen LogP contribution is 2.22. The highest BCUT2D eigenvalue weighted by atomic mass is 16.5. The Balaban J connectivity index is 2.27. The minimum absolute atomic E-state index is 0.306. The molecule has 5 heteroatoms. The number of amides is 1. The van der Waals surface area contributed by atoms with Crippen LogP contribution in [0.2, 0.25) is 0 Å². The first-order valence-corrected chi connectivity index (χ1v) is 5.89. The lowest BCUT2D eigenvalue weighted by Gasteiger charge is -2.23. The Kier molecular flexibility index (Phi) is 3.55. The van der Waals surface area contributed by atoms with Gasteiger partial charge < -0.3 is 14.7 Å². The van der Waals surface area contributed by atoms with Crippen LogP contribution in [0.3, 0.4) is 0 Å². The van der Waals surface area contributed by atoms with Gasteiger partial charge in [0, 0.05) is 12.1 Å². The summed E-state index contributed by atoms with van der Waals surface area (Å²) in [5.41, 5.74) is 1.11. The Hall–Kier alpha value is -2.30. The molecule has 1 aromatic rings. The van der Waals surface area contributed by atoms with Crippen LogP contribution in [0.1, 0.15) is 17.3 Å². The zero-order valence-electron chi connectivity index (χ0n) is 10.8. The predicted molar refractivity (Wildman–Crippen MR) is 69.2 cm³/mol. The fourth-order valence-electron chi connectivity index (χ4n) is 2.16. The Bertz CT molecular complexity index is 550. The largest absolute Gasteiger partial charge is 0.497 e. The van der Waals surface area contributed by atoms with E-state index in [9.17, 15) is 14.7 Å². The molecule has 0 saturated carbocycles. The number of carbonyl (C=O) groups excluding carboxylic acids is 1. The molecule has 0 fully saturated rings. The van der Waals surface area contributed by atoms with Crippen molar-refractivity contribution >= 4 is 11.9 Å².